The lowest BCUT2D eigenvalue weighted by Crippen LogP contribution is -2.46. The van der Waals surface area contributed by atoms with E-state index < -0.39 is 5.79 Å². The predicted octanol–water partition coefficient (Wildman–Crippen LogP) is 6.78. The van der Waals surface area contributed by atoms with Crippen molar-refractivity contribution in [2.24, 2.45) is 4.99 Å². The summed E-state index contributed by atoms with van der Waals surface area (Å²) in [5, 5.41) is 5.23. The van der Waals surface area contributed by atoms with Gasteiger partial charge in [-0.2, -0.15) is 10.1 Å². The minimum Gasteiger partial charge on any atom is -0.491 e. The van der Waals surface area contributed by atoms with Crippen molar-refractivity contribution >= 4 is 52.0 Å². The predicted molar refractivity (Wildman–Crippen MR) is 199 cm³/mol. The van der Waals surface area contributed by atoms with Crippen LogP contribution < -0.4 is 19.4 Å². The number of nitrogens with zero attached hydrogens (tertiary/aromatic N) is 7. The van der Waals surface area contributed by atoms with Crippen molar-refractivity contribution in [1.82, 2.24) is 14.8 Å². The maximum Gasteiger partial charge on any atom is 0.297 e. The SMILES string of the molecule is Clc1ccc(C2(Cn3cncn3)OCC(COc3ccc(N4CCN(c5ccc(/N=C6/OCCN6c6ccccc6)cc5)CC4)cc3)O2)c(Cl)c1. The Balaban J connectivity index is 0.838. The molecular weight excluding hydrogens is 689 g/mol. The molecule has 2 unspecified atom stereocenters. The summed E-state index contributed by atoms with van der Waals surface area (Å²) in [4.78, 5) is 15.8. The molecule has 1 aromatic heterocycles. The third-order valence-corrected chi connectivity index (χ3v) is 9.79. The van der Waals surface area contributed by atoms with E-state index in [9.17, 15) is 0 Å². The Labute approximate surface area is 306 Å². The molecule has 5 aromatic rings. The van der Waals surface area contributed by atoms with Crippen LogP contribution in [-0.4, -0.2) is 79.4 Å². The zero-order valence-electron chi connectivity index (χ0n) is 27.9. The van der Waals surface area contributed by atoms with Gasteiger partial charge in [-0.25, -0.2) is 9.67 Å². The van der Waals surface area contributed by atoms with Crippen molar-refractivity contribution in [1.29, 1.82) is 0 Å². The number of hydrogen-bond acceptors (Lipinski definition) is 9. The number of halogens is 2. The number of aliphatic imine (C=N–C) groups is 1. The molecule has 0 radical (unpaired) electrons. The van der Waals surface area contributed by atoms with Gasteiger partial charge in [0.15, 0.2) is 0 Å². The van der Waals surface area contributed by atoms with Crippen molar-refractivity contribution in [3.05, 3.63) is 125 Å². The lowest BCUT2D eigenvalue weighted by atomic mass is 10.1. The van der Waals surface area contributed by atoms with Gasteiger partial charge in [0, 0.05) is 53.8 Å². The highest BCUT2D eigenvalue weighted by Crippen LogP contribution is 2.40. The van der Waals surface area contributed by atoms with Crippen molar-refractivity contribution in [3.63, 3.8) is 0 Å². The monoisotopic (exact) mass is 725 g/mol. The fraction of sp³-hybridized carbons (Fsp3) is 0.289. The summed E-state index contributed by atoms with van der Waals surface area (Å²) >= 11 is 12.8. The summed E-state index contributed by atoms with van der Waals surface area (Å²) < 4.78 is 26.4. The first-order chi connectivity index (χ1) is 25.0. The summed E-state index contributed by atoms with van der Waals surface area (Å²) in [7, 11) is 0. The second-order valence-corrected chi connectivity index (χ2v) is 13.4. The molecule has 3 aliphatic heterocycles. The van der Waals surface area contributed by atoms with Crippen molar-refractivity contribution in [2.45, 2.75) is 18.4 Å². The van der Waals surface area contributed by atoms with Gasteiger partial charge in [-0.3, -0.25) is 4.90 Å². The van der Waals surface area contributed by atoms with Gasteiger partial charge in [0.25, 0.3) is 6.02 Å². The van der Waals surface area contributed by atoms with Gasteiger partial charge >= 0.3 is 0 Å². The standard InChI is InChI=1S/C38H37Cl2N7O4/c39-28-6-15-35(36(40)22-28)38(25-46-27-41-26-42-46)50-24-34(51-38)23-49-33-13-11-31(12-14-33)45-18-16-44(17-19-45)30-9-7-29(8-10-30)43-37-47(20-21-48-37)32-4-2-1-3-5-32/h1-15,22,26-27,34H,16-21,23-25H2/b43-37+. The summed E-state index contributed by atoms with van der Waals surface area (Å²) in [5.41, 5.74) is 4.99. The molecule has 0 aliphatic carbocycles. The van der Waals surface area contributed by atoms with Gasteiger partial charge in [-0.1, -0.05) is 47.5 Å². The Bertz CT molecular complexity index is 1940. The Morgan fingerprint density at radius 2 is 1.55 bits per heavy atom. The number of piperazine rings is 1. The Hall–Kier alpha value is -4.81. The first-order valence-electron chi connectivity index (χ1n) is 17.0. The Kier molecular flexibility index (Phi) is 9.68. The zero-order valence-corrected chi connectivity index (χ0v) is 29.4. The Morgan fingerprint density at radius 1 is 0.824 bits per heavy atom. The van der Waals surface area contributed by atoms with Crippen LogP contribution in [0.3, 0.4) is 0 Å². The van der Waals surface area contributed by atoms with Crippen LogP contribution in [0.2, 0.25) is 10.0 Å². The molecule has 0 N–H and O–H groups in total. The van der Waals surface area contributed by atoms with E-state index in [1.54, 1.807) is 23.1 Å². The molecule has 3 aliphatic rings. The number of aromatic nitrogens is 3. The highest BCUT2D eigenvalue weighted by atomic mass is 35.5. The zero-order chi connectivity index (χ0) is 34.6. The second kappa shape index (κ2) is 14.8. The van der Waals surface area contributed by atoms with Gasteiger partial charge in [0.1, 0.15) is 44.3 Å². The molecule has 4 aromatic carbocycles. The van der Waals surface area contributed by atoms with E-state index in [4.69, 9.17) is 47.1 Å². The van der Waals surface area contributed by atoms with E-state index in [2.05, 4.69) is 73.3 Å². The third kappa shape index (κ3) is 7.48. The minimum atomic E-state index is -1.15. The molecule has 51 heavy (non-hydrogen) atoms. The van der Waals surface area contributed by atoms with E-state index in [1.165, 1.54) is 12.0 Å². The number of benzene rings is 4. The van der Waals surface area contributed by atoms with Gasteiger partial charge in [-0.15, -0.1) is 0 Å². The molecule has 0 saturated carbocycles. The fourth-order valence-corrected chi connectivity index (χ4v) is 7.19. The number of ether oxygens (including phenoxy) is 4. The smallest absolute Gasteiger partial charge is 0.297 e. The minimum absolute atomic E-state index is 0.275. The number of para-hydroxylation sites is 1. The molecule has 8 rings (SSSR count). The quantitative estimate of drug-likeness (QED) is 0.155. The first-order valence-corrected chi connectivity index (χ1v) is 17.7. The van der Waals surface area contributed by atoms with Crippen LogP contribution in [0.1, 0.15) is 5.56 Å². The van der Waals surface area contributed by atoms with Crippen LogP contribution in [0.25, 0.3) is 0 Å². The van der Waals surface area contributed by atoms with E-state index >= 15 is 0 Å². The van der Waals surface area contributed by atoms with Crippen LogP contribution in [0, 0.1) is 0 Å². The highest BCUT2D eigenvalue weighted by molar-refractivity contribution is 6.35. The summed E-state index contributed by atoms with van der Waals surface area (Å²) in [6.45, 7) is 6.01. The lowest BCUT2D eigenvalue weighted by Gasteiger charge is -2.37. The molecule has 3 saturated heterocycles. The van der Waals surface area contributed by atoms with E-state index in [-0.39, 0.29) is 12.6 Å². The molecule has 11 nitrogen and oxygen atoms in total. The highest BCUT2D eigenvalue weighted by Gasteiger charge is 2.45. The summed E-state index contributed by atoms with van der Waals surface area (Å²) in [6.07, 6.45) is 2.76. The second-order valence-electron chi connectivity index (χ2n) is 12.5. The Morgan fingerprint density at radius 3 is 2.24 bits per heavy atom. The lowest BCUT2D eigenvalue weighted by molar-refractivity contribution is -0.190. The van der Waals surface area contributed by atoms with Gasteiger partial charge in [0.2, 0.25) is 5.79 Å². The van der Waals surface area contributed by atoms with Crippen molar-refractivity contribution < 1.29 is 18.9 Å². The van der Waals surface area contributed by atoms with Crippen LogP contribution in [0.15, 0.2) is 115 Å². The number of amidine groups is 1. The largest absolute Gasteiger partial charge is 0.491 e. The summed E-state index contributed by atoms with van der Waals surface area (Å²) in [6, 6.07) is 32.8. The van der Waals surface area contributed by atoms with Gasteiger partial charge in [0.05, 0.1) is 23.9 Å². The maximum atomic E-state index is 6.59. The van der Waals surface area contributed by atoms with E-state index in [1.807, 2.05) is 36.4 Å². The topological polar surface area (TPSA) is 89.7 Å². The van der Waals surface area contributed by atoms with E-state index in [0.29, 0.717) is 41.5 Å². The number of rotatable bonds is 10. The average molecular weight is 727 g/mol. The number of anilines is 3. The molecule has 0 bridgehead atoms. The van der Waals surface area contributed by atoms with Gasteiger partial charge < -0.3 is 28.7 Å². The van der Waals surface area contributed by atoms with Crippen LogP contribution in [-0.2, 0) is 26.5 Å². The van der Waals surface area contributed by atoms with Crippen molar-refractivity contribution in [2.75, 3.05) is 67.2 Å². The fourth-order valence-electron chi connectivity index (χ4n) is 6.64. The average Bonchev–Trinajstić information content (AvgIpc) is 3.95. The van der Waals surface area contributed by atoms with Crippen LogP contribution in [0.4, 0.5) is 22.7 Å². The molecule has 0 spiro atoms. The van der Waals surface area contributed by atoms with Crippen LogP contribution in [0.5, 0.6) is 5.75 Å². The molecule has 13 heteroatoms. The normalized spacial score (nSPS) is 21.3. The maximum absolute atomic E-state index is 6.59. The molecule has 262 valence electrons. The van der Waals surface area contributed by atoms with E-state index in [0.717, 1.165) is 55.5 Å². The summed E-state index contributed by atoms with van der Waals surface area (Å²) in [5.74, 6) is -0.390. The third-order valence-electron chi connectivity index (χ3n) is 9.24. The van der Waals surface area contributed by atoms with Crippen molar-refractivity contribution in [3.8, 4) is 5.75 Å². The van der Waals surface area contributed by atoms with Crippen LogP contribution >= 0.6 is 23.2 Å². The molecule has 0 amide bonds. The first kappa shape index (κ1) is 33.3. The number of hydrogen-bond donors (Lipinski definition) is 0. The molecule has 2 atom stereocenters. The van der Waals surface area contributed by atoms with Gasteiger partial charge in [-0.05, 0) is 72.8 Å². The molecule has 4 heterocycles. The molecular formula is C38H37Cl2N7O4. The molecule has 3 fully saturated rings.